The monoisotopic (exact) mass is 456 g/mol. The van der Waals surface area contributed by atoms with Gasteiger partial charge in [0, 0.05) is 5.56 Å². The SMILES string of the molecule is Cc1ccc(S(=O)(=O)Nc2ccccc2F)cc1C(=O)NC(C)c1ccc2c(c1)OCO2. The third-order valence-electron chi connectivity index (χ3n) is 5.13. The quantitative estimate of drug-likeness (QED) is 0.581. The van der Waals surface area contributed by atoms with E-state index in [4.69, 9.17) is 9.47 Å². The van der Waals surface area contributed by atoms with Gasteiger partial charge in [0.1, 0.15) is 5.82 Å². The summed E-state index contributed by atoms with van der Waals surface area (Å²) >= 11 is 0. The highest BCUT2D eigenvalue weighted by Crippen LogP contribution is 2.34. The number of aryl methyl sites for hydroxylation is 1. The summed E-state index contributed by atoms with van der Waals surface area (Å²) in [5.74, 6) is 0.116. The van der Waals surface area contributed by atoms with Crippen LogP contribution in [0.5, 0.6) is 11.5 Å². The number of rotatable bonds is 6. The van der Waals surface area contributed by atoms with Gasteiger partial charge in [0.05, 0.1) is 16.6 Å². The maximum absolute atomic E-state index is 13.9. The van der Waals surface area contributed by atoms with E-state index in [1.807, 2.05) is 13.0 Å². The highest BCUT2D eigenvalue weighted by Gasteiger charge is 2.21. The molecule has 7 nitrogen and oxygen atoms in total. The van der Waals surface area contributed by atoms with Crippen molar-refractivity contribution in [3.8, 4) is 11.5 Å². The maximum atomic E-state index is 13.9. The second-order valence-corrected chi connectivity index (χ2v) is 9.05. The number of anilines is 1. The Kier molecular flexibility index (Phi) is 5.75. The summed E-state index contributed by atoms with van der Waals surface area (Å²) < 4.78 is 52.3. The molecule has 0 aromatic heterocycles. The number of benzene rings is 3. The largest absolute Gasteiger partial charge is 0.454 e. The molecule has 0 radical (unpaired) electrons. The second-order valence-electron chi connectivity index (χ2n) is 7.37. The lowest BCUT2D eigenvalue weighted by Gasteiger charge is -2.17. The fourth-order valence-corrected chi connectivity index (χ4v) is 4.39. The Morgan fingerprint density at radius 3 is 2.56 bits per heavy atom. The number of ether oxygens (including phenoxy) is 2. The minimum atomic E-state index is -4.10. The number of halogens is 1. The van der Waals surface area contributed by atoms with E-state index in [-0.39, 0.29) is 29.0 Å². The molecular weight excluding hydrogens is 435 g/mol. The number of nitrogens with one attached hydrogen (secondary N) is 2. The normalized spacial score (nSPS) is 13.5. The van der Waals surface area contributed by atoms with Gasteiger partial charge < -0.3 is 14.8 Å². The number of carbonyl (C=O) groups is 1. The van der Waals surface area contributed by atoms with Gasteiger partial charge in [0.2, 0.25) is 6.79 Å². The molecular formula is C23H21FN2O5S. The Balaban J connectivity index is 1.55. The van der Waals surface area contributed by atoms with Crippen molar-refractivity contribution < 1.29 is 27.1 Å². The van der Waals surface area contributed by atoms with Crippen LogP contribution >= 0.6 is 0 Å². The molecule has 1 aliphatic rings. The van der Waals surface area contributed by atoms with Crippen molar-refractivity contribution in [3.63, 3.8) is 0 Å². The van der Waals surface area contributed by atoms with Crippen molar-refractivity contribution >= 4 is 21.6 Å². The first-order valence-corrected chi connectivity index (χ1v) is 11.3. The van der Waals surface area contributed by atoms with Crippen molar-refractivity contribution in [2.45, 2.75) is 24.8 Å². The van der Waals surface area contributed by atoms with E-state index >= 15 is 0 Å². The molecule has 4 rings (SSSR count). The molecule has 1 heterocycles. The molecule has 1 aliphatic heterocycles. The first kappa shape index (κ1) is 21.6. The molecule has 1 atom stereocenters. The van der Waals surface area contributed by atoms with Crippen LogP contribution in [-0.4, -0.2) is 21.1 Å². The molecule has 1 unspecified atom stereocenters. The van der Waals surface area contributed by atoms with Gasteiger partial charge >= 0.3 is 0 Å². The number of fused-ring (bicyclic) bond motifs is 1. The number of hydrogen-bond acceptors (Lipinski definition) is 5. The lowest BCUT2D eigenvalue weighted by molar-refractivity contribution is 0.0939. The average Bonchev–Trinajstić information content (AvgIpc) is 3.23. The third kappa shape index (κ3) is 4.38. The summed E-state index contributed by atoms with van der Waals surface area (Å²) in [5.41, 5.74) is 1.44. The lowest BCUT2D eigenvalue weighted by atomic mass is 10.1. The summed E-state index contributed by atoms with van der Waals surface area (Å²) in [6.07, 6.45) is 0. The Morgan fingerprint density at radius 2 is 1.78 bits per heavy atom. The van der Waals surface area contributed by atoms with E-state index in [1.54, 1.807) is 19.1 Å². The zero-order valence-electron chi connectivity index (χ0n) is 17.4. The van der Waals surface area contributed by atoms with E-state index < -0.39 is 21.7 Å². The van der Waals surface area contributed by atoms with Gasteiger partial charge in [-0.25, -0.2) is 12.8 Å². The van der Waals surface area contributed by atoms with E-state index in [2.05, 4.69) is 10.0 Å². The summed E-state index contributed by atoms with van der Waals surface area (Å²) in [6.45, 7) is 3.67. The minimum Gasteiger partial charge on any atom is -0.454 e. The zero-order valence-corrected chi connectivity index (χ0v) is 18.2. The van der Waals surface area contributed by atoms with Crippen LogP contribution in [0.1, 0.15) is 34.5 Å². The maximum Gasteiger partial charge on any atom is 0.262 e. The number of carbonyl (C=O) groups excluding carboxylic acids is 1. The predicted octanol–water partition coefficient (Wildman–Crippen LogP) is 4.15. The molecule has 0 bridgehead atoms. The molecule has 32 heavy (non-hydrogen) atoms. The lowest BCUT2D eigenvalue weighted by Crippen LogP contribution is -2.27. The topological polar surface area (TPSA) is 93.7 Å². The molecule has 1 amide bonds. The molecule has 0 spiro atoms. The summed E-state index contributed by atoms with van der Waals surface area (Å²) in [4.78, 5) is 12.8. The van der Waals surface area contributed by atoms with E-state index in [0.29, 0.717) is 17.1 Å². The van der Waals surface area contributed by atoms with Crippen LogP contribution in [0.4, 0.5) is 10.1 Å². The Labute approximate surface area is 185 Å². The fraction of sp³-hybridized carbons (Fsp3) is 0.174. The molecule has 0 saturated carbocycles. The molecule has 0 aliphatic carbocycles. The zero-order chi connectivity index (χ0) is 22.9. The fourth-order valence-electron chi connectivity index (χ4n) is 3.30. The van der Waals surface area contributed by atoms with Crippen LogP contribution < -0.4 is 19.5 Å². The van der Waals surface area contributed by atoms with Crippen molar-refractivity contribution in [2.24, 2.45) is 0 Å². The predicted molar refractivity (Wildman–Crippen MR) is 117 cm³/mol. The molecule has 0 fully saturated rings. The van der Waals surface area contributed by atoms with Crippen LogP contribution in [-0.2, 0) is 10.0 Å². The second kappa shape index (κ2) is 8.51. The Bertz CT molecular complexity index is 1290. The van der Waals surface area contributed by atoms with Crippen molar-refractivity contribution in [1.29, 1.82) is 0 Å². The number of amides is 1. The van der Waals surface area contributed by atoms with Gasteiger partial charge in [-0.15, -0.1) is 0 Å². The number of hydrogen-bond donors (Lipinski definition) is 2. The molecule has 3 aromatic carbocycles. The van der Waals surface area contributed by atoms with Crippen molar-refractivity contribution in [2.75, 3.05) is 11.5 Å². The average molecular weight is 456 g/mol. The van der Waals surface area contributed by atoms with Crippen molar-refractivity contribution in [3.05, 3.63) is 83.2 Å². The highest BCUT2D eigenvalue weighted by atomic mass is 32.2. The van der Waals surface area contributed by atoms with E-state index in [0.717, 1.165) is 11.6 Å². The molecule has 3 aromatic rings. The Morgan fingerprint density at radius 1 is 1.03 bits per heavy atom. The van der Waals surface area contributed by atoms with Gasteiger partial charge in [-0.2, -0.15) is 0 Å². The summed E-state index contributed by atoms with van der Waals surface area (Å²) in [6, 6.07) is 14.7. The van der Waals surface area contributed by atoms with Crippen LogP contribution in [0.15, 0.2) is 65.6 Å². The van der Waals surface area contributed by atoms with Crippen LogP contribution in [0, 0.1) is 12.7 Å². The molecule has 9 heteroatoms. The molecule has 0 saturated heterocycles. The first-order valence-electron chi connectivity index (χ1n) is 9.83. The number of sulfonamides is 1. The van der Waals surface area contributed by atoms with Gasteiger partial charge in [0.15, 0.2) is 11.5 Å². The van der Waals surface area contributed by atoms with Crippen LogP contribution in [0.25, 0.3) is 0 Å². The van der Waals surface area contributed by atoms with Crippen molar-refractivity contribution in [1.82, 2.24) is 5.32 Å². The summed E-state index contributed by atoms with van der Waals surface area (Å²) in [5, 5.41) is 2.87. The van der Waals surface area contributed by atoms with E-state index in [1.165, 1.54) is 36.4 Å². The number of para-hydroxylation sites is 1. The van der Waals surface area contributed by atoms with Gasteiger partial charge in [-0.05, 0) is 61.4 Å². The standard InChI is InChI=1S/C23H21FN2O5S/c1-14-7-9-17(32(28,29)26-20-6-4-3-5-19(20)24)12-18(14)23(27)25-15(2)16-8-10-21-22(11-16)31-13-30-21/h3-12,15,26H,13H2,1-2H3,(H,25,27). The minimum absolute atomic E-state index is 0.146. The Hall–Kier alpha value is -3.59. The van der Waals surface area contributed by atoms with E-state index in [9.17, 15) is 17.6 Å². The van der Waals surface area contributed by atoms with Gasteiger partial charge in [0.25, 0.3) is 15.9 Å². The van der Waals surface area contributed by atoms with Gasteiger partial charge in [-0.1, -0.05) is 24.3 Å². The highest BCUT2D eigenvalue weighted by molar-refractivity contribution is 7.92. The summed E-state index contributed by atoms with van der Waals surface area (Å²) in [7, 11) is -4.10. The first-order chi connectivity index (χ1) is 15.2. The van der Waals surface area contributed by atoms with Crippen LogP contribution in [0.3, 0.4) is 0 Å². The van der Waals surface area contributed by atoms with Gasteiger partial charge in [-0.3, -0.25) is 9.52 Å². The third-order valence-corrected chi connectivity index (χ3v) is 6.49. The smallest absolute Gasteiger partial charge is 0.262 e. The molecule has 2 N–H and O–H groups in total. The molecule has 166 valence electrons. The van der Waals surface area contributed by atoms with Crippen LogP contribution in [0.2, 0.25) is 0 Å².